The van der Waals surface area contributed by atoms with Crippen LogP contribution in [0, 0.1) is 12.7 Å². The van der Waals surface area contributed by atoms with Crippen LogP contribution in [0.2, 0.25) is 0 Å². The number of amides is 1. The number of nitrogens with one attached hydrogen (secondary N) is 1. The Kier molecular flexibility index (Phi) is 6.22. The van der Waals surface area contributed by atoms with E-state index in [9.17, 15) is 22.4 Å². The molecule has 0 atom stereocenters. The number of ether oxygens (including phenoxy) is 1. The van der Waals surface area contributed by atoms with Crippen LogP contribution < -0.4 is 4.72 Å². The van der Waals surface area contributed by atoms with Crippen LogP contribution in [-0.4, -0.2) is 38.8 Å². The van der Waals surface area contributed by atoms with E-state index < -0.39 is 21.8 Å². The SMILES string of the molecule is COC(=O)c1c(S(=O)(=O)Nc2cccc(F)c2)sc2c1CCN(C(=O)c1ccccc1C)C2. The Bertz CT molecular complexity index is 1350. The fourth-order valence-corrected chi connectivity index (χ4v) is 6.74. The number of carbonyl (C=O) groups excluding carboxylic acids is 2. The molecule has 172 valence electrons. The van der Waals surface area contributed by atoms with Crippen molar-refractivity contribution in [1.82, 2.24) is 4.90 Å². The minimum atomic E-state index is -4.21. The summed E-state index contributed by atoms with van der Waals surface area (Å²) < 4.78 is 46.8. The van der Waals surface area contributed by atoms with Crippen LogP contribution in [-0.2, 0) is 27.7 Å². The zero-order valence-corrected chi connectivity index (χ0v) is 19.6. The first kappa shape index (κ1) is 22.9. The van der Waals surface area contributed by atoms with Crippen molar-refractivity contribution in [2.24, 2.45) is 0 Å². The predicted molar refractivity (Wildman–Crippen MR) is 122 cm³/mol. The first-order valence-electron chi connectivity index (χ1n) is 10.1. The second kappa shape index (κ2) is 8.95. The van der Waals surface area contributed by atoms with Gasteiger partial charge in [-0.2, -0.15) is 0 Å². The molecule has 2 aromatic carbocycles. The molecule has 0 radical (unpaired) electrons. The van der Waals surface area contributed by atoms with Crippen molar-refractivity contribution in [2.75, 3.05) is 18.4 Å². The van der Waals surface area contributed by atoms with Gasteiger partial charge in [0.15, 0.2) is 4.21 Å². The fraction of sp³-hybridized carbons (Fsp3) is 0.217. The lowest BCUT2D eigenvalue weighted by Crippen LogP contribution is -2.36. The van der Waals surface area contributed by atoms with Crippen molar-refractivity contribution < 1.29 is 27.1 Å². The lowest BCUT2D eigenvalue weighted by Gasteiger charge is -2.27. The van der Waals surface area contributed by atoms with Crippen LogP contribution in [0.4, 0.5) is 10.1 Å². The van der Waals surface area contributed by atoms with Crippen molar-refractivity contribution >= 4 is 38.9 Å². The van der Waals surface area contributed by atoms with E-state index in [4.69, 9.17) is 4.74 Å². The molecule has 0 fully saturated rings. The van der Waals surface area contributed by atoms with E-state index in [1.807, 2.05) is 19.1 Å². The number of anilines is 1. The van der Waals surface area contributed by atoms with Crippen molar-refractivity contribution in [3.05, 3.63) is 81.5 Å². The Morgan fingerprint density at radius 3 is 2.61 bits per heavy atom. The number of fused-ring (bicyclic) bond motifs is 1. The molecule has 3 aromatic rings. The number of esters is 1. The number of hydrogen-bond donors (Lipinski definition) is 1. The number of sulfonamides is 1. The van der Waals surface area contributed by atoms with E-state index >= 15 is 0 Å². The average Bonchev–Trinajstić information content (AvgIpc) is 3.18. The molecule has 0 aliphatic carbocycles. The topological polar surface area (TPSA) is 92.8 Å². The minimum absolute atomic E-state index is 0.0357. The highest BCUT2D eigenvalue weighted by Gasteiger charge is 2.35. The fourth-order valence-electron chi connectivity index (χ4n) is 3.79. The molecule has 4 rings (SSSR count). The monoisotopic (exact) mass is 488 g/mol. The quantitative estimate of drug-likeness (QED) is 0.549. The number of carbonyl (C=O) groups is 2. The van der Waals surface area contributed by atoms with Crippen molar-refractivity contribution in [3.8, 4) is 0 Å². The van der Waals surface area contributed by atoms with E-state index in [-0.39, 0.29) is 27.9 Å². The first-order chi connectivity index (χ1) is 15.7. The summed E-state index contributed by atoms with van der Waals surface area (Å²) in [5.74, 6) is -1.53. The molecule has 1 aromatic heterocycles. The van der Waals surface area contributed by atoms with Crippen LogP contribution in [0.3, 0.4) is 0 Å². The second-order valence-electron chi connectivity index (χ2n) is 7.57. The van der Waals surface area contributed by atoms with Gasteiger partial charge in [-0.3, -0.25) is 9.52 Å². The number of aryl methyl sites for hydroxylation is 1. The number of methoxy groups -OCH3 is 1. The van der Waals surface area contributed by atoms with Gasteiger partial charge in [-0.05, 0) is 48.7 Å². The highest BCUT2D eigenvalue weighted by atomic mass is 32.2. The molecular weight excluding hydrogens is 467 g/mol. The number of benzene rings is 2. The molecule has 1 amide bonds. The van der Waals surface area contributed by atoms with Crippen LogP contribution in [0.5, 0.6) is 0 Å². The molecule has 0 spiro atoms. The maximum Gasteiger partial charge on any atom is 0.340 e. The molecule has 1 aliphatic heterocycles. The molecule has 0 saturated heterocycles. The third kappa shape index (κ3) is 4.49. The van der Waals surface area contributed by atoms with Gasteiger partial charge in [0.1, 0.15) is 5.82 Å². The van der Waals surface area contributed by atoms with Crippen LogP contribution in [0.1, 0.15) is 36.7 Å². The summed E-state index contributed by atoms with van der Waals surface area (Å²) in [5, 5.41) is 0. The van der Waals surface area contributed by atoms with E-state index in [1.54, 1.807) is 17.0 Å². The van der Waals surface area contributed by atoms with Gasteiger partial charge in [-0.25, -0.2) is 17.6 Å². The predicted octanol–water partition coefficient (Wildman–Crippen LogP) is 3.98. The lowest BCUT2D eigenvalue weighted by molar-refractivity contribution is 0.0595. The minimum Gasteiger partial charge on any atom is -0.465 e. The van der Waals surface area contributed by atoms with E-state index in [0.29, 0.717) is 29.0 Å². The van der Waals surface area contributed by atoms with Gasteiger partial charge in [0, 0.05) is 17.0 Å². The average molecular weight is 489 g/mol. The Balaban J connectivity index is 1.71. The Morgan fingerprint density at radius 2 is 1.91 bits per heavy atom. The van der Waals surface area contributed by atoms with E-state index in [2.05, 4.69) is 4.72 Å². The van der Waals surface area contributed by atoms with Gasteiger partial charge in [0.25, 0.3) is 15.9 Å². The third-order valence-corrected chi connectivity index (χ3v) is 8.51. The Hall–Kier alpha value is -3.24. The summed E-state index contributed by atoms with van der Waals surface area (Å²) in [6, 6.07) is 12.3. The van der Waals surface area contributed by atoms with Gasteiger partial charge in [0.2, 0.25) is 0 Å². The molecule has 0 saturated carbocycles. The van der Waals surface area contributed by atoms with Gasteiger partial charge in [-0.15, -0.1) is 11.3 Å². The Morgan fingerprint density at radius 1 is 1.15 bits per heavy atom. The summed E-state index contributed by atoms with van der Waals surface area (Å²) >= 11 is 0.918. The van der Waals surface area contributed by atoms with Crippen molar-refractivity contribution in [3.63, 3.8) is 0 Å². The highest BCUT2D eigenvalue weighted by molar-refractivity contribution is 7.94. The molecule has 33 heavy (non-hydrogen) atoms. The largest absolute Gasteiger partial charge is 0.465 e. The second-order valence-corrected chi connectivity index (χ2v) is 10.5. The highest BCUT2D eigenvalue weighted by Crippen LogP contribution is 2.38. The van der Waals surface area contributed by atoms with Gasteiger partial charge >= 0.3 is 5.97 Å². The standard InChI is InChI=1S/C23H21FN2O5S2/c1-14-6-3-4-9-17(14)21(27)26-11-10-18-19(13-26)32-23(20(18)22(28)31-2)33(29,30)25-16-8-5-7-15(24)12-16/h3-9,12,25H,10-11,13H2,1-2H3. The summed E-state index contributed by atoms with van der Waals surface area (Å²) in [4.78, 5) is 27.8. The van der Waals surface area contributed by atoms with Crippen LogP contribution in [0.15, 0.2) is 52.7 Å². The maximum atomic E-state index is 13.5. The van der Waals surface area contributed by atoms with Crippen LogP contribution in [0.25, 0.3) is 0 Å². The van der Waals surface area contributed by atoms with Gasteiger partial charge < -0.3 is 9.64 Å². The summed E-state index contributed by atoms with van der Waals surface area (Å²) in [6.45, 7) is 2.36. The molecule has 2 heterocycles. The number of thiophene rings is 1. The third-order valence-electron chi connectivity index (χ3n) is 5.40. The molecule has 1 aliphatic rings. The Labute approximate surface area is 194 Å². The number of halogens is 1. The summed E-state index contributed by atoms with van der Waals surface area (Å²) in [7, 11) is -3.03. The number of hydrogen-bond acceptors (Lipinski definition) is 6. The molecule has 10 heteroatoms. The number of rotatable bonds is 5. The molecule has 0 unspecified atom stereocenters. The molecule has 7 nitrogen and oxygen atoms in total. The molecular formula is C23H21FN2O5S2. The zero-order valence-electron chi connectivity index (χ0n) is 17.9. The first-order valence-corrected chi connectivity index (χ1v) is 12.4. The van der Waals surface area contributed by atoms with Crippen LogP contribution >= 0.6 is 11.3 Å². The normalized spacial score (nSPS) is 13.4. The molecule has 0 bridgehead atoms. The summed E-state index contributed by atoms with van der Waals surface area (Å²) in [6.07, 6.45) is 0.309. The maximum absolute atomic E-state index is 13.5. The van der Waals surface area contributed by atoms with Gasteiger partial charge in [0.05, 0.1) is 24.9 Å². The smallest absolute Gasteiger partial charge is 0.340 e. The van der Waals surface area contributed by atoms with Gasteiger partial charge in [-0.1, -0.05) is 24.3 Å². The zero-order chi connectivity index (χ0) is 23.8. The van der Waals surface area contributed by atoms with E-state index in [1.165, 1.54) is 25.3 Å². The van der Waals surface area contributed by atoms with Crippen molar-refractivity contribution in [2.45, 2.75) is 24.1 Å². The lowest BCUT2D eigenvalue weighted by atomic mass is 10.0. The number of nitrogens with zero attached hydrogens (tertiary/aromatic N) is 1. The summed E-state index contributed by atoms with van der Waals surface area (Å²) in [5.41, 5.74) is 1.97. The van der Waals surface area contributed by atoms with E-state index in [0.717, 1.165) is 23.0 Å². The van der Waals surface area contributed by atoms with Crippen molar-refractivity contribution in [1.29, 1.82) is 0 Å². The molecule has 1 N–H and O–H groups in total.